The quantitative estimate of drug-likeness (QED) is 0.100. The summed E-state index contributed by atoms with van der Waals surface area (Å²) < 4.78 is 30.6. The lowest BCUT2D eigenvalue weighted by molar-refractivity contribution is -0.137. The number of aromatic nitrogens is 3. The topological polar surface area (TPSA) is 222 Å². The molecule has 0 bridgehead atoms. The second kappa shape index (κ2) is 18.6. The molecule has 2 aromatic heterocycles. The van der Waals surface area contributed by atoms with Crippen molar-refractivity contribution in [3.8, 4) is 28.4 Å². The van der Waals surface area contributed by atoms with Crippen LogP contribution in [0.1, 0.15) is 68.4 Å². The maximum atomic E-state index is 13.2. The van der Waals surface area contributed by atoms with Crippen molar-refractivity contribution in [2.24, 2.45) is 12.5 Å². The number of aromatic amines is 1. The normalized spacial score (nSPS) is 16.2. The van der Waals surface area contributed by atoms with E-state index in [0.717, 1.165) is 11.1 Å². The molecule has 2 atom stereocenters. The number of nitrogens with zero attached hydrogens (tertiary/aromatic N) is 3. The number of amides is 5. The number of methoxy groups -OCH3 is 2. The van der Waals surface area contributed by atoms with Gasteiger partial charge in [0.05, 0.1) is 57.9 Å². The summed E-state index contributed by atoms with van der Waals surface area (Å²) in [5.74, 6) is -0.564. The summed E-state index contributed by atoms with van der Waals surface area (Å²) in [4.78, 5) is 77.2. The number of benzene rings is 2. The molecule has 1 saturated heterocycles. The number of nitrogens with one attached hydrogen (secondary N) is 4. The predicted octanol–water partition coefficient (Wildman–Crippen LogP) is 2.75. The SMILES string of the molecule is CCC(C)(COCC(C)(C)CNC(=O)COCc1c(OC)cc(-c2cn(C)c(=O)c3[nH]ncc23)cc1OC)NC(=O)COc1cccc2c1CN(C1CCC(=O)NC1=O)C2=O. The van der Waals surface area contributed by atoms with Crippen molar-refractivity contribution >= 4 is 40.4 Å². The second-order valence-electron chi connectivity index (χ2n) is 16.3. The van der Waals surface area contributed by atoms with E-state index in [4.69, 9.17) is 23.7 Å². The maximum Gasteiger partial charge on any atom is 0.276 e. The van der Waals surface area contributed by atoms with Gasteiger partial charge in [-0.1, -0.05) is 26.8 Å². The molecule has 326 valence electrons. The minimum atomic E-state index is -0.761. The van der Waals surface area contributed by atoms with Gasteiger partial charge in [0.25, 0.3) is 17.4 Å². The monoisotopic (exact) mass is 843 g/mol. The van der Waals surface area contributed by atoms with Gasteiger partial charge in [0.2, 0.25) is 17.7 Å². The van der Waals surface area contributed by atoms with Gasteiger partial charge in [0.1, 0.15) is 35.4 Å². The zero-order chi connectivity index (χ0) is 44.1. The van der Waals surface area contributed by atoms with Crippen molar-refractivity contribution in [3.63, 3.8) is 0 Å². The molecule has 61 heavy (non-hydrogen) atoms. The third-order valence-electron chi connectivity index (χ3n) is 11.0. The first-order chi connectivity index (χ1) is 29.1. The van der Waals surface area contributed by atoms with Crippen molar-refractivity contribution in [2.75, 3.05) is 47.2 Å². The lowest BCUT2D eigenvalue weighted by Crippen LogP contribution is -2.52. The largest absolute Gasteiger partial charge is 0.496 e. The number of imide groups is 1. The van der Waals surface area contributed by atoms with Crippen LogP contribution >= 0.6 is 0 Å². The number of piperidine rings is 1. The third-order valence-corrected chi connectivity index (χ3v) is 11.0. The number of pyridine rings is 1. The van der Waals surface area contributed by atoms with Gasteiger partial charge >= 0.3 is 0 Å². The average molecular weight is 844 g/mol. The Kier molecular flexibility index (Phi) is 13.5. The van der Waals surface area contributed by atoms with Crippen LogP contribution in [0.25, 0.3) is 22.0 Å². The summed E-state index contributed by atoms with van der Waals surface area (Å²) in [7, 11) is 4.72. The molecular weight excluding hydrogens is 791 g/mol. The molecule has 4 aromatic rings. The molecule has 18 nitrogen and oxygen atoms in total. The Hall–Kier alpha value is -6.27. The Morgan fingerprint density at radius 1 is 0.951 bits per heavy atom. The van der Waals surface area contributed by atoms with Crippen LogP contribution in [0.5, 0.6) is 17.2 Å². The highest BCUT2D eigenvalue weighted by molar-refractivity contribution is 6.05. The number of fused-ring (bicyclic) bond motifs is 2. The van der Waals surface area contributed by atoms with E-state index in [1.54, 1.807) is 37.6 Å². The number of H-pyrrole nitrogens is 1. The number of carbonyl (C=O) groups excluding carboxylic acids is 5. The smallest absolute Gasteiger partial charge is 0.276 e. The van der Waals surface area contributed by atoms with E-state index in [1.807, 2.05) is 39.8 Å². The fraction of sp³-hybridized carbons (Fsp3) is 0.465. The van der Waals surface area contributed by atoms with Gasteiger partial charge in [-0.3, -0.25) is 39.2 Å². The first-order valence-electron chi connectivity index (χ1n) is 20.0. The zero-order valence-corrected chi connectivity index (χ0v) is 35.5. The van der Waals surface area contributed by atoms with E-state index in [1.165, 1.54) is 23.7 Å². The summed E-state index contributed by atoms with van der Waals surface area (Å²) >= 11 is 0. The molecule has 2 unspecified atom stereocenters. The predicted molar refractivity (Wildman–Crippen MR) is 222 cm³/mol. The Morgan fingerprint density at radius 2 is 1.69 bits per heavy atom. The standard InChI is InChI=1S/C43H53N7O11/c1-8-43(4,47-37(53)21-61-32-11-9-10-26-29(32)18-50(40(26)55)31-12-13-35(51)46-39(31)54)24-60-23-42(2,3)22-44-36(52)20-59-19-30-33(57-6)14-25(15-34(30)58-7)28-17-49(5)41(56)38-27(28)16-45-48-38/h9-11,14-17,31H,8,12-13,18-24H2,1-7H3,(H,44,52)(H,45,48)(H,47,53)(H,46,51,54). The average Bonchev–Trinajstić information content (AvgIpc) is 3.86. The van der Waals surface area contributed by atoms with Crippen LogP contribution in [0.2, 0.25) is 0 Å². The molecule has 5 amide bonds. The highest BCUT2D eigenvalue weighted by Gasteiger charge is 2.40. The summed E-state index contributed by atoms with van der Waals surface area (Å²) in [6.45, 7) is 8.11. The molecule has 0 spiro atoms. The Morgan fingerprint density at radius 3 is 2.38 bits per heavy atom. The number of carbonyl (C=O) groups is 5. The summed E-state index contributed by atoms with van der Waals surface area (Å²) in [6, 6.07) is 7.86. The number of aryl methyl sites for hydroxylation is 1. The van der Waals surface area contributed by atoms with Gasteiger partial charge in [0, 0.05) is 53.7 Å². The van der Waals surface area contributed by atoms with Crippen molar-refractivity contribution in [1.29, 1.82) is 0 Å². The molecule has 18 heteroatoms. The molecule has 2 aliphatic rings. The minimum Gasteiger partial charge on any atom is -0.496 e. The molecule has 6 rings (SSSR count). The molecule has 4 N–H and O–H groups in total. The number of hydrogen-bond acceptors (Lipinski definition) is 12. The van der Waals surface area contributed by atoms with Crippen LogP contribution < -0.4 is 35.7 Å². The van der Waals surface area contributed by atoms with E-state index >= 15 is 0 Å². The molecule has 0 saturated carbocycles. The van der Waals surface area contributed by atoms with Crippen LogP contribution in [0.4, 0.5) is 0 Å². The third kappa shape index (κ3) is 10.0. The van der Waals surface area contributed by atoms with Gasteiger partial charge in [0.15, 0.2) is 6.61 Å². The first-order valence-corrected chi connectivity index (χ1v) is 20.0. The molecule has 2 aliphatic heterocycles. The van der Waals surface area contributed by atoms with E-state index in [0.29, 0.717) is 57.8 Å². The Bertz CT molecular complexity index is 2360. The number of ether oxygens (including phenoxy) is 5. The minimum absolute atomic E-state index is 0.0314. The van der Waals surface area contributed by atoms with Crippen LogP contribution in [-0.4, -0.2) is 108 Å². The van der Waals surface area contributed by atoms with E-state index in [-0.39, 0.29) is 81.6 Å². The fourth-order valence-electron chi connectivity index (χ4n) is 7.34. The van der Waals surface area contributed by atoms with Crippen molar-refractivity contribution in [3.05, 3.63) is 69.8 Å². The molecule has 2 aromatic carbocycles. The van der Waals surface area contributed by atoms with Crippen LogP contribution in [0.3, 0.4) is 0 Å². The van der Waals surface area contributed by atoms with Crippen molar-refractivity contribution in [2.45, 2.75) is 71.7 Å². The number of rotatable bonds is 19. The van der Waals surface area contributed by atoms with Crippen molar-refractivity contribution < 1.29 is 47.7 Å². The van der Waals surface area contributed by atoms with Crippen molar-refractivity contribution in [1.82, 2.24) is 35.6 Å². The van der Waals surface area contributed by atoms with Crippen LogP contribution in [0, 0.1) is 5.41 Å². The molecule has 0 radical (unpaired) electrons. The first kappa shape index (κ1) is 44.3. The van der Waals surface area contributed by atoms with Gasteiger partial charge in [-0.2, -0.15) is 5.10 Å². The van der Waals surface area contributed by atoms with Crippen LogP contribution in [0.15, 0.2) is 47.5 Å². The molecular formula is C43H53N7O11. The highest BCUT2D eigenvalue weighted by atomic mass is 16.5. The summed E-state index contributed by atoms with van der Waals surface area (Å²) in [6.07, 6.45) is 4.27. The van der Waals surface area contributed by atoms with Gasteiger partial charge < -0.3 is 43.8 Å². The lowest BCUT2D eigenvalue weighted by Gasteiger charge is -2.32. The second-order valence-corrected chi connectivity index (χ2v) is 16.3. The molecule has 1 fully saturated rings. The van der Waals surface area contributed by atoms with Gasteiger partial charge in [-0.05, 0) is 49.6 Å². The molecule has 0 aliphatic carbocycles. The van der Waals surface area contributed by atoms with E-state index < -0.39 is 22.9 Å². The summed E-state index contributed by atoms with van der Waals surface area (Å²) in [5, 5.41) is 15.7. The van der Waals surface area contributed by atoms with E-state index in [9.17, 15) is 28.8 Å². The van der Waals surface area contributed by atoms with Gasteiger partial charge in [-0.25, -0.2) is 0 Å². The lowest BCUT2D eigenvalue weighted by atomic mass is 9.94. The van der Waals surface area contributed by atoms with Crippen LogP contribution in [-0.2, 0) is 48.9 Å². The molecule has 4 heterocycles. The highest BCUT2D eigenvalue weighted by Crippen LogP contribution is 2.38. The Balaban J connectivity index is 0.948. The van der Waals surface area contributed by atoms with Gasteiger partial charge in [-0.15, -0.1) is 0 Å². The number of hydrogen-bond donors (Lipinski definition) is 4. The summed E-state index contributed by atoms with van der Waals surface area (Å²) in [5.41, 5.74) is 2.07. The zero-order valence-electron chi connectivity index (χ0n) is 35.5. The van der Waals surface area contributed by atoms with E-state index in [2.05, 4.69) is 26.1 Å². The maximum absolute atomic E-state index is 13.2. The fourth-order valence-corrected chi connectivity index (χ4v) is 7.34. The Labute approximate surface area is 352 Å².